The van der Waals surface area contributed by atoms with Crippen molar-refractivity contribution in [2.75, 3.05) is 23.3 Å². The van der Waals surface area contributed by atoms with Gasteiger partial charge in [-0.25, -0.2) is 4.98 Å². The van der Waals surface area contributed by atoms with Crippen LogP contribution < -0.4 is 15.5 Å². The van der Waals surface area contributed by atoms with E-state index in [1.807, 2.05) is 49.0 Å². The van der Waals surface area contributed by atoms with Gasteiger partial charge in [0, 0.05) is 61.3 Å². The van der Waals surface area contributed by atoms with Gasteiger partial charge in [-0.05, 0) is 56.9 Å². The molecule has 9 nitrogen and oxygen atoms in total. The first kappa shape index (κ1) is 22.1. The predicted octanol–water partition coefficient (Wildman–Crippen LogP) is 2.99. The number of aliphatic hydroxyl groups is 1. The number of carbonyl (C=O) groups excluding carboxylic acids is 1. The molecule has 35 heavy (non-hydrogen) atoms. The summed E-state index contributed by atoms with van der Waals surface area (Å²) in [4.78, 5) is 20.4. The molecule has 0 spiro atoms. The smallest absolute Gasteiger partial charge is 0.259 e. The molecule has 4 heterocycles. The summed E-state index contributed by atoms with van der Waals surface area (Å²) < 4.78 is 3.75. The van der Waals surface area contributed by atoms with E-state index in [0.29, 0.717) is 28.5 Å². The van der Waals surface area contributed by atoms with Crippen LogP contribution in [0.1, 0.15) is 47.3 Å². The summed E-state index contributed by atoms with van der Waals surface area (Å²) in [6, 6.07) is 8.89. The van der Waals surface area contributed by atoms with Gasteiger partial charge in [0.15, 0.2) is 5.65 Å². The maximum Gasteiger partial charge on any atom is 0.259 e. The molecule has 0 atom stereocenters. The number of aromatic nitrogens is 4. The van der Waals surface area contributed by atoms with E-state index >= 15 is 0 Å². The lowest BCUT2D eigenvalue weighted by Gasteiger charge is -2.34. The molecule has 1 aromatic carbocycles. The number of pyridine rings is 1. The number of imidazole rings is 1. The van der Waals surface area contributed by atoms with E-state index in [9.17, 15) is 9.90 Å². The molecule has 1 aliphatic carbocycles. The Hall–Kier alpha value is -3.43. The Morgan fingerprint density at radius 3 is 2.63 bits per heavy atom. The lowest BCUT2D eigenvalue weighted by atomic mass is 10.0. The van der Waals surface area contributed by atoms with Gasteiger partial charge in [-0.3, -0.25) is 13.9 Å². The molecular formula is C26H31N7O2. The average Bonchev–Trinajstić information content (AvgIpc) is 3.44. The minimum atomic E-state index is -0.230. The quantitative estimate of drug-likeness (QED) is 0.398. The van der Waals surface area contributed by atoms with Crippen molar-refractivity contribution in [3.8, 4) is 0 Å². The zero-order chi connectivity index (χ0) is 24.1. The second-order valence-corrected chi connectivity index (χ2v) is 9.87. The van der Waals surface area contributed by atoms with Crippen LogP contribution >= 0.6 is 0 Å². The fourth-order valence-electron chi connectivity index (χ4n) is 5.19. The topological polar surface area (TPSA) is 99.7 Å². The standard InChI is InChI=1S/C26H31N7O2/c1-16-13-33-23(32-9-7-20(8-10-32)28-19-3-4-19)6-5-22(25(33)27-16)26(35)29-21-11-17-14-31(2)30-24(17)18(12-21)15-34/h5-6,11-14,19-20,28,34H,3-4,7-10,15H2,1-2H3,(H,29,35). The number of rotatable bonds is 6. The summed E-state index contributed by atoms with van der Waals surface area (Å²) in [6.45, 7) is 3.77. The number of anilines is 2. The maximum atomic E-state index is 13.3. The highest BCUT2D eigenvalue weighted by Gasteiger charge is 2.28. The number of fused-ring (bicyclic) bond motifs is 2. The van der Waals surface area contributed by atoms with Gasteiger partial charge in [0.05, 0.1) is 23.4 Å². The molecule has 0 unspecified atom stereocenters. The Labute approximate surface area is 203 Å². The minimum Gasteiger partial charge on any atom is -0.392 e. The number of hydrogen-bond donors (Lipinski definition) is 3. The molecule has 4 aromatic rings. The van der Waals surface area contributed by atoms with Crippen molar-refractivity contribution in [1.29, 1.82) is 0 Å². The number of aliphatic hydroxyl groups excluding tert-OH is 1. The molecule has 182 valence electrons. The third-order valence-electron chi connectivity index (χ3n) is 7.06. The molecule has 3 aromatic heterocycles. The van der Waals surface area contributed by atoms with Crippen molar-refractivity contribution in [3.63, 3.8) is 0 Å². The van der Waals surface area contributed by atoms with Crippen LogP contribution in [0.25, 0.3) is 16.6 Å². The summed E-state index contributed by atoms with van der Waals surface area (Å²) >= 11 is 0. The van der Waals surface area contributed by atoms with Gasteiger partial charge in [-0.2, -0.15) is 5.10 Å². The van der Waals surface area contributed by atoms with E-state index in [1.54, 1.807) is 10.7 Å². The predicted molar refractivity (Wildman–Crippen MR) is 136 cm³/mol. The SMILES string of the molecule is Cc1cn2c(N3CCC(NC4CC4)CC3)ccc(C(=O)Nc3cc(CO)c4nn(C)cc4c3)c2n1. The number of hydrogen-bond acceptors (Lipinski definition) is 6. The normalized spacial score (nSPS) is 16.9. The molecule has 6 rings (SSSR count). The third-order valence-corrected chi connectivity index (χ3v) is 7.06. The molecule has 2 aliphatic rings. The maximum absolute atomic E-state index is 13.3. The van der Waals surface area contributed by atoms with Crippen LogP contribution in [-0.2, 0) is 13.7 Å². The lowest BCUT2D eigenvalue weighted by Crippen LogP contribution is -2.43. The fraction of sp³-hybridized carbons (Fsp3) is 0.423. The Morgan fingerprint density at radius 1 is 1.11 bits per heavy atom. The van der Waals surface area contributed by atoms with Gasteiger partial charge in [0.2, 0.25) is 0 Å². The van der Waals surface area contributed by atoms with Crippen LogP contribution in [0, 0.1) is 6.92 Å². The average molecular weight is 474 g/mol. The van der Waals surface area contributed by atoms with Gasteiger partial charge in [0.25, 0.3) is 5.91 Å². The minimum absolute atomic E-state index is 0.150. The molecule has 1 amide bonds. The number of piperidine rings is 1. The highest BCUT2D eigenvalue weighted by molar-refractivity contribution is 6.09. The van der Waals surface area contributed by atoms with Crippen LogP contribution in [-0.4, -0.2) is 55.4 Å². The van der Waals surface area contributed by atoms with Crippen molar-refractivity contribution in [2.24, 2.45) is 7.05 Å². The van der Waals surface area contributed by atoms with Crippen LogP contribution in [0.2, 0.25) is 0 Å². The largest absolute Gasteiger partial charge is 0.392 e. The Morgan fingerprint density at radius 2 is 1.89 bits per heavy atom. The molecule has 3 N–H and O–H groups in total. The first-order valence-corrected chi connectivity index (χ1v) is 12.4. The van der Waals surface area contributed by atoms with E-state index in [2.05, 4.69) is 20.6 Å². The first-order valence-electron chi connectivity index (χ1n) is 12.4. The van der Waals surface area contributed by atoms with Crippen molar-refractivity contribution in [2.45, 2.75) is 51.3 Å². The van der Waals surface area contributed by atoms with E-state index < -0.39 is 0 Å². The number of benzene rings is 1. The summed E-state index contributed by atoms with van der Waals surface area (Å²) in [7, 11) is 1.84. The molecule has 0 radical (unpaired) electrons. The van der Waals surface area contributed by atoms with E-state index in [-0.39, 0.29) is 12.5 Å². The molecular weight excluding hydrogens is 442 g/mol. The van der Waals surface area contributed by atoms with Crippen molar-refractivity contribution in [1.82, 2.24) is 24.5 Å². The van der Waals surface area contributed by atoms with Gasteiger partial charge < -0.3 is 20.6 Å². The van der Waals surface area contributed by atoms with Crippen molar-refractivity contribution >= 4 is 34.0 Å². The number of nitrogens with zero attached hydrogens (tertiary/aromatic N) is 5. The lowest BCUT2D eigenvalue weighted by molar-refractivity contribution is 0.102. The van der Waals surface area contributed by atoms with E-state index in [0.717, 1.165) is 54.4 Å². The fourth-order valence-corrected chi connectivity index (χ4v) is 5.19. The Kier molecular flexibility index (Phi) is 5.46. The highest BCUT2D eigenvalue weighted by Crippen LogP contribution is 2.28. The van der Waals surface area contributed by atoms with Crippen LogP contribution in [0.15, 0.2) is 36.7 Å². The second-order valence-electron chi connectivity index (χ2n) is 9.87. The number of nitrogens with one attached hydrogen (secondary N) is 2. The summed E-state index contributed by atoms with van der Waals surface area (Å²) in [5, 5.41) is 21.8. The summed E-state index contributed by atoms with van der Waals surface area (Å²) in [6.07, 6.45) is 8.75. The molecule has 0 bridgehead atoms. The second kappa shape index (κ2) is 8.66. The zero-order valence-electron chi connectivity index (χ0n) is 20.2. The van der Waals surface area contributed by atoms with Crippen LogP contribution in [0.5, 0.6) is 0 Å². The van der Waals surface area contributed by atoms with E-state index in [4.69, 9.17) is 4.98 Å². The monoisotopic (exact) mass is 473 g/mol. The van der Waals surface area contributed by atoms with Crippen LogP contribution in [0.3, 0.4) is 0 Å². The van der Waals surface area contributed by atoms with Gasteiger partial charge in [-0.1, -0.05) is 0 Å². The molecule has 1 saturated carbocycles. The number of aryl methyl sites for hydroxylation is 2. The highest BCUT2D eigenvalue weighted by atomic mass is 16.3. The van der Waals surface area contributed by atoms with E-state index in [1.165, 1.54) is 12.8 Å². The number of amides is 1. The van der Waals surface area contributed by atoms with Gasteiger partial charge >= 0.3 is 0 Å². The molecule has 2 fully saturated rings. The van der Waals surface area contributed by atoms with Crippen molar-refractivity contribution in [3.05, 3.63) is 53.5 Å². The molecule has 1 aliphatic heterocycles. The summed E-state index contributed by atoms with van der Waals surface area (Å²) in [5.74, 6) is 0.841. The Balaban J connectivity index is 1.26. The van der Waals surface area contributed by atoms with Gasteiger partial charge in [0.1, 0.15) is 5.82 Å². The van der Waals surface area contributed by atoms with Gasteiger partial charge in [-0.15, -0.1) is 0 Å². The van der Waals surface area contributed by atoms with Crippen LogP contribution in [0.4, 0.5) is 11.5 Å². The third kappa shape index (κ3) is 4.26. The Bertz CT molecular complexity index is 1410. The summed E-state index contributed by atoms with van der Waals surface area (Å²) in [5.41, 5.74) is 4.07. The number of carbonyl (C=O) groups is 1. The zero-order valence-corrected chi connectivity index (χ0v) is 20.2. The molecule has 1 saturated heterocycles. The molecule has 9 heteroatoms. The van der Waals surface area contributed by atoms with Crippen molar-refractivity contribution < 1.29 is 9.90 Å². The first-order chi connectivity index (χ1) is 17.0.